The van der Waals surface area contributed by atoms with Crippen molar-refractivity contribution >= 4 is 50.7 Å². The Morgan fingerprint density at radius 3 is 2.27 bits per heavy atom. The van der Waals surface area contributed by atoms with E-state index in [4.69, 9.17) is 4.42 Å². The van der Waals surface area contributed by atoms with Gasteiger partial charge in [-0.2, -0.15) is 13.2 Å². The van der Waals surface area contributed by atoms with Gasteiger partial charge in [0.2, 0.25) is 10.0 Å². The van der Waals surface area contributed by atoms with Crippen LogP contribution in [0.25, 0.3) is 22.3 Å². The number of rotatable bonds is 8. The van der Waals surface area contributed by atoms with E-state index >= 15 is 0 Å². The number of furan rings is 1. The third-order valence-electron chi connectivity index (χ3n) is 6.97. The molecule has 1 saturated carbocycles. The predicted molar refractivity (Wildman–Crippen MR) is 146 cm³/mol. The Kier molecular flexibility index (Phi) is 7.25. The number of anilines is 2. The van der Waals surface area contributed by atoms with Gasteiger partial charge in [0, 0.05) is 23.4 Å². The summed E-state index contributed by atoms with van der Waals surface area (Å²) in [5.41, 5.74) is -1.28. The largest absolute Gasteiger partial charge is 0.489 e. The predicted octanol–water partition coefficient (Wildman–Crippen LogP) is 5.51. The first-order valence-electron chi connectivity index (χ1n) is 12.7. The van der Waals surface area contributed by atoms with E-state index in [0.29, 0.717) is 35.4 Å². The van der Waals surface area contributed by atoms with Crippen molar-refractivity contribution in [3.05, 3.63) is 77.1 Å². The summed E-state index contributed by atoms with van der Waals surface area (Å²) in [7, 11) is -6.69. The second kappa shape index (κ2) is 10.3. The van der Waals surface area contributed by atoms with Gasteiger partial charge in [-0.3, -0.25) is 4.79 Å². The topological polar surface area (TPSA) is 108 Å². The molecule has 0 spiro atoms. The van der Waals surface area contributed by atoms with Crippen molar-refractivity contribution in [3.8, 4) is 11.3 Å². The first kappa shape index (κ1) is 28.8. The number of ketones is 1. The molecule has 0 radical (unpaired) electrons. The number of carbonyl (C=O) groups excluding carboxylic acids is 1. The highest BCUT2D eigenvalue weighted by Crippen LogP contribution is 2.49. The Labute approximate surface area is 233 Å². The normalized spacial score (nSPS) is 14.0. The molecular formula is C28H24BF4NO6S. The van der Waals surface area contributed by atoms with Gasteiger partial charge in [0.15, 0.2) is 5.78 Å². The molecule has 2 N–H and O–H groups in total. The molecule has 0 aliphatic heterocycles. The lowest BCUT2D eigenvalue weighted by Crippen LogP contribution is -2.36. The van der Waals surface area contributed by atoms with Crippen LogP contribution in [0.5, 0.6) is 0 Å². The summed E-state index contributed by atoms with van der Waals surface area (Å²) >= 11 is 0. The highest BCUT2D eigenvalue weighted by Gasteiger charge is 2.39. The molecular weight excluding hydrogens is 565 g/mol. The van der Waals surface area contributed by atoms with E-state index in [1.54, 1.807) is 13.0 Å². The van der Waals surface area contributed by atoms with E-state index in [1.165, 1.54) is 30.3 Å². The molecule has 3 aromatic carbocycles. The number of halogens is 4. The minimum Gasteiger partial charge on any atom is -0.455 e. The van der Waals surface area contributed by atoms with Crippen molar-refractivity contribution in [1.82, 2.24) is 0 Å². The zero-order valence-corrected chi connectivity index (χ0v) is 22.7. The van der Waals surface area contributed by atoms with Gasteiger partial charge in [-0.1, -0.05) is 13.0 Å². The van der Waals surface area contributed by atoms with Crippen LogP contribution in [0, 0.1) is 5.82 Å². The highest BCUT2D eigenvalue weighted by molar-refractivity contribution is 7.92. The Hall–Kier alpha value is -3.68. The van der Waals surface area contributed by atoms with Gasteiger partial charge in [0.25, 0.3) is 0 Å². The Morgan fingerprint density at radius 2 is 1.73 bits per heavy atom. The zero-order valence-electron chi connectivity index (χ0n) is 21.9. The average molecular weight is 589 g/mol. The lowest BCUT2D eigenvalue weighted by atomic mass is 9.76. The highest BCUT2D eigenvalue weighted by atomic mass is 32.2. The minimum absolute atomic E-state index is 0.0443. The number of benzene rings is 3. The van der Waals surface area contributed by atoms with Crippen molar-refractivity contribution < 1.29 is 45.2 Å². The Bertz CT molecular complexity index is 1760. The maximum absolute atomic E-state index is 13.9. The maximum Gasteiger partial charge on any atom is 0.489 e. The molecule has 1 aliphatic carbocycles. The summed E-state index contributed by atoms with van der Waals surface area (Å²) in [6, 6.07) is 10.7. The molecule has 0 unspecified atom stereocenters. The van der Waals surface area contributed by atoms with E-state index in [9.17, 15) is 40.8 Å². The van der Waals surface area contributed by atoms with Crippen LogP contribution in [0.1, 0.15) is 53.6 Å². The quantitative estimate of drug-likeness (QED) is 0.160. The van der Waals surface area contributed by atoms with Crippen LogP contribution in [-0.4, -0.2) is 37.6 Å². The summed E-state index contributed by atoms with van der Waals surface area (Å²) in [5.74, 6) is -0.705. The number of sulfonamides is 1. The molecule has 1 aromatic heterocycles. The first-order valence-corrected chi connectivity index (χ1v) is 14.5. The first-order chi connectivity index (χ1) is 19.2. The minimum atomic E-state index is -5.01. The second-order valence-electron chi connectivity index (χ2n) is 9.94. The van der Waals surface area contributed by atoms with Crippen molar-refractivity contribution in [2.75, 3.05) is 10.6 Å². The fraction of sp³-hybridized carbons (Fsp3) is 0.250. The standard InChI is InChI=1S/C28H24BF4NO6S/c1-3-24(35)26-20-13-19(15-4-5-15)23(14-25(20)40-27(26)16-6-8-17(30)9-7-16)34(41(2,38)39)18-10-11-22(29(36)37)21(12-18)28(31,32)33/h6-15,36-37H,3-5H2,1-2H3. The number of hydrogen-bond acceptors (Lipinski definition) is 6. The van der Waals surface area contributed by atoms with Gasteiger partial charge in [0.1, 0.15) is 17.2 Å². The van der Waals surface area contributed by atoms with Gasteiger partial charge >= 0.3 is 13.3 Å². The SMILES string of the molecule is CCC(=O)c1c(-c2ccc(F)cc2)oc2cc(N(c3ccc(B(O)O)c(C(F)(F)F)c3)S(C)(=O)=O)c(C3CC3)cc12. The maximum atomic E-state index is 13.9. The van der Waals surface area contributed by atoms with Crippen LogP contribution in [0.15, 0.2) is 59.0 Å². The fourth-order valence-electron chi connectivity index (χ4n) is 4.95. The van der Waals surface area contributed by atoms with Crippen LogP contribution < -0.4 is 9.77 Å². The molecule has 0 saturated heterocycles. The van der Waals surface area contributed by atoms with Crippen molar-refractivity contribution in [1.29, 1.82) is 0 Å². The summed E-state index contributed by atoms with van der Waals surface area (Å²) in [5, 5.41) is 19.4. The van der Waals surface area contributed by atoms with Gasteiger partial charge < -0.3 is 14.5 Å². The summed E-state index contributed by atoms with van der Waals surface area (Å²) in [4.78, 5) is 13.1. The number of carbonyl (C=O) groups is 1. The molecule has 13 heteroatoms. The zero-order chi connectivity index (χ0) is 29.9. The monoisotopic (exact) mass is 589 g/mol. The lowest BCUT2D eigenvalue weighted by Gasteiger charge is -2.26. The van der Waals surface area contributed by atoms with E-state index in [1.807, 2.05) is 0 Å². The molecule has 214 valence electrons. The molecule has 7 nitrogen and oxygen atoms in total. The van der Waals surface area contributed by atoms with Crippen molar-refractivity contribution in [2.45, 2.75) is 38.3 Å². The third-order valence-corrected chi connectivity index (χ3v) is 8.04. The molecule has 0 atom stereocenters. The number of hydrogen-bond donors (Lipinski definition) is 2. The molecule has 41 heavy (non-hydrogen) atoms. The van der Waals surface area contributed by atoms with Gasteiger partial charge in [-0.15, -0.1) is 0 Å². The van der Waals surface area contributed by atoms with Crippen LogP contribution in [0.3, 0.4) is 0 Å². The summed E-state index contributed by atoms with van der Waals surface area (Å²) in [6.07, 6.45) is -2.66. The Morgan fingerprint density at radius 1 is 1.07 bits per heavy atom. The smallest absolute Gasteiger partial charge is 0.455 e. The van der Waals surface area contributed by atoms with Crippen LogP contribution in [-0.2, 0) is 16.2 Å². The van der Waals surface area contributed by atoms with Crippen LogP contribution in [0.4, 0.5) is 28.9 Å². The number of Topliss-reactive ketones (excluding diaryl/α,β-unsaturated/α-hetero) is 1. The van der Waals surface area contributed by atoms with Crippen molar-refractivity contribution in [3.63, 3.8) is 0 Å². The van der Waals surface area contributed by atoms with E-state index < -0.39 is 40.2 Å². The molecule has 0 bridgehead atoms. The van der Waals surface area contributed by atoms with Crippen LogP contribution >= 0.6 is 0 Å². The molecule has 5 rings (SSSR count). The van der Waals surface area contributed by atoms with E-state index in [0.717, 1.165) is 22.7 Å². The van der Waals surface area contributed by atoms with Gasteiger partial charge in [-0.25, -0.2) is 17.1 Å². The van der Waals surface area contributed by atoms with E-state index in [-0.39, 0.29) is 46.4 Å². The molecule has 1 fully saturated rings. The molecule has 4 aromatic rings. The molecule has 1 aliphatic rings. The average Bonchev–Trinajstić information content (AvgIpc) is 3.67. The summed E-state index contributed by atoms with van der Waals surface area (Å²) < 4.78 is 88.3. The summed E-state index contributed by atoms with van der Waals surface area (Å²) in [6.45, 7) is 1.67. The molecule has 1 heterocycles. The second-order valence-corrected chi connectivity index (χ2v) is 11.8. The fourth-order valence-corrected chi connectivity index (χ4v) is 5.97. The lowest BCUT2D eigenvalue weighted by molar-refractivity contribution is -0.136. The van der Waals surface area contributed by atoms with Crippen LogP contribution in [0.2, 0.25) is 0 Å². The van der Waals surface area contributed by atoms with Crippen molar-refractivity contribution in [2.24, 2.45) is 0 Å². The van der Waals surface area contributed by atoms with Gasteiger partial charge in [-0.05, 0) is 72.3 Å². The number of fused-ring (bicyclic) bond motifs is 1. The number of nitrogens with zero attached hydrogens (tertiary/aromatic N) is 1. The van der Waals surface area contributed by atoms with E-state index in [2.05, 4.69) is 0 Å². The molecule has 0 amide bonds. The van der Waals surface area contributed by atoms with Gasteiger partial charge in [0.05, 0.1) is 28.8 Å². The Balaban J connectivity index is 1.79. The number of alkyl halides is 3. The third kappa shape index (κ3) is 5.49.